The molecular weight excluding hydrogens is 138 g/mol. The molecule has 2 N–H and O–H groups in total. The summed E-state index contributed by atoms with van der Waals surface area (Å²) >= 11 is 0. The standard InChI is InChI=1S/C8H13N3/c1-6(2)8-3-7(4-9)5-10-11-8/h3,5-6H,4,9H2,1-2H3. The molecule has 60 valence electrons. The summed E-state index contributed by atoms with van der Waals surface area (Å²) in [5, 5.41) is 7.83. The molecule has 0 bridgehead atoms. The smallest absolute Gasteiger partial charge is 0.0659 e. The van der Waals surface area contributed by atoms with Gasteiger partial charge in [0.15, 0.2) is 0 Å². The van der Waals surface area contributed by atoms with E-state index in [1.807, 2.05) is 6.07 Å². The van der Waals surface area contributed by atoms with Crippen molar-refractivity contribution in [1.82, 2.24) is 10.2 Å². The maximum Gasteiger partial charge on any atom is 0.0659 e. The summed E-state index contributed by atoms with van der Waals surface area (Å²) in [4.78, 5) is 0. The van der Waals surface area contributed by atoms with E-state index in [1.165, 1.54) is 0 Å². The Kier molecular flexibility index (Phi) is 2.54. The lowest BCUT2D eigenvalue weighted by atomic mass is 10.1. The number of hydrogen-bond donors (Lipinski definition) is 1. The van der Waals surface area contributed by atoms with E-state index in [9.17, 15) is 0 Å². The third-order valence-electron chi connectivity index (χ3n) is 1.56. The summed E-state index contributed by atoms with van der Waals surface area (Å²) in [6, 6.07) is 2.00. The highest BCUT2D eigenvalue weighted by molar-refractivity contribution is 5.14. The number of hydrogen-bond acceptors (Lipinski definition) is 3. The zero-order chi connectivity index (χ0) is 8.27. The van der Waals surface area contributed by atoms with E-state index in [0.29, 0.717) is 12.5 Å². The van der Waals surface area contributed by atoms with Crippen LogP contribution in [-0.4, -0.2) is 10.2 Å². The third kappa shape index (κ3) is 1.98. The first-order chi connectivity index (χ1) is 5.24. The van der Waals surface area contributed by atoms with Gasteiger partial charge in [0.05, 0.1) is 11.9 Å². The molecule has 0 radical (unpaired) electrons. The van der Waals surface area contributed by atoms with Gasteiger partial charge in [-0.25, -0.2) is 0 Å². The largest absolute Gasteiger partial charge is 0.326 e. The van der Waals surface area contributed by atoms with E-state index < -0.39 is 0 Å². The van der Waals surface area contributed by atoms with Crippen molar-refractivity contribution in [1.29, 1.82) is 0 Å². The molecule has 0 amide bonds. The van der Waals surface area contributed by atoms with Gasteiger partial charge in [-0.15, -0.1) is 0 Å². The highest BCUT2D eigenvalue weighted by Crippen LogP contribution is 2.10. The lowest BCUT2D eigenvalue weighted by Gasteiger charge is -2.03. The summed E-state index contributed by atoms with van der Waals surface area (Å²) in [5.74, 6) is 0.425. The van der Waals surface area contributed by atoms with Crippen LogP contribution in [-0.2, 0) is 6.54 Å². The van der Waals surface area contributed by atoms with Crippen LogP contribution >= 0.6 is 0 Å². The van der Waals surface area contributed by atoms with Crippen LogP contribution in [0.25, 0.3) is 0 Å². The van der Waals surface area contributed by atoms with Crippen molar-refractivity contribution in [2.24, 2.45) is 5.73 Å². The van der Waals surface area contributed by atoms with Crippen molar-refractivity contribution in [3.05, 3.63) is 23.5 Å². The van der Waals surface area contributed by atoms with E-state index in [-0.39, 0.29) is 0 Å². The van der Waals surface area contributed by atoms with Gasteiger partial charge in [-0.1, -0.05) is 13.8 Å². The molecule has 0 aromatic carbocycles. The van der Waals surface area contributed by atoms with Gasteiger partial charge in [-0.2, -0.15) is 10.2 Å². The van der Waals surface area contributed by atoms with E-state index >= 15 is 0 Å². The SMILES string of the molecule is CC(C)c1cc(CN)cnn1. The topological polar surface area (TPSA) is 51.8 Å². The van der Waals surface area contributed by atoms with Crippen molar-refractivity contribution in [2.45, 2.75) is 26.3 Å². The fourth-order valence-electron chi connectivity index (χ4n) is 0.820. The molecule has 0 saturated carbocycles. The van der Waals surface area contributed by atoms with Crippen molar-refractivity contribution in [3.8, 4) is 0 Å². The van der Waals surface area contributed by atoms with Gasteiger partial charge < -0.3 is 5.73 Å². The van der Waals surface area contributed by atoms with Gasteiger partial charge >= 0.3 is 0 Å². The summed E-state index contributed by atoms with van der Waals surface area (Å²) in [5.41, 5.74) is 7.50. The first-order valence-electron chi connectivity index (χ1n) is 3.75. The van der Waals surface area contributed by atoms with E-state index in [2.05, 4.69) is 24.0 Å². The molecule has 3 heteroatoms. The first-order valence-corrected chi connectivity index (χ1v) is 3.75. The summed E-state index contributed by atoms with van der Waals surface area (Å²) in [6.07, 6.45) is 1.70. The number of nitrogens with zero attached hydrogens (tertiary/aromatic N) is 2. The first kappa shape index (κ1) is 8.14. The predicted octanol–water partition coefficient (Wildman–Crippen LogP) is 1.06. The van der Waals surface area contributed by atoms with Crippen molar-refractivity contribution in [2.75, 3.05) is 0 Å². The lowest BCUT2D eigenvalue weighted by molar-refractivity contribution is 0.776. The van der Waals surface area contributed by atoms with Crippen molar-refractivity contribution < 1.29 is 0 Å². The molecule has 0 unspecified atom stereocenters. The second-order valence-corrected chi connectivity index (χ2v) is 2.85. The highest BCUT2D eigenvalue weighted by atomic mass is 15.1. The van der Waals surface area contributed by atoms with Crippen LogP contribution in [0.5, 0.6) is 0 Å². The zero-order valence-corrected chi connectivity index (χ0v) is 6.91. The number of rotatable bonds is 2. The molecule has 1 rings (SSSR count). The predicted molar refractivity (Wildman–Crippen MR) is 44.0 cm³/mol. The molecule has 0 fully saturated rings. The number of nitrogens with two attached hydrogens (primary N) is 1. The quantitative estimate of drug-likeness (QED) is 0.687. The third-order valence-corrected chi connectivity index (χ3v) is 1.56. The van der Waals surface area contributed by atoms with Crippen molar-refractivity contribution >= 4 is 0 Å². The Morgan fingerprint density at radius 3 is 2.82 bits per heavy atom. The van der Waals surface area contributed by atoms with Crippen LogP contribution < -0.4 is 5.73 Å². The van der Waals surface area contributed by atoms with Crippen LogP contribution in [0.15, 0.2) is 12.3 Å². The highest BCUT2D eigenvalue weighted by Gasteiger charge is 2.00. The Morgan fingerprint density at radius 2 is 2.27 bits per heavy atom. The van der Waals surface area contributed by atoms with Crippen LogP contribution in [0.3, 0.4) is 0 Å². The Balaban J connectivity index is 2.91. The lowest BCUT2D eigenvalue weighted by Crippen LogP contribution is -2.01. The molecule has 0 aliphatic carbocycles. The van der Waals surface area contributed by atoms with Gasteiger partial charge in [0.2, 0.25) is 0 Å². The maximum absolute atomic E-state index is 5.45. The summed E-state index contributed by atoms with van der Waals surface area (Å²) in [6.45, 7) is 4.71. The normalized spacial score (nSPS) is 10.5. The van der Waals surface area contributed by atoms with Gasteiger partial charge in [-0.3, -0.25) is 0 Å². The van der Waals surface area contributed by atoms with Crippen molar-refractivity contribution in [3.63, 3.8) is 0 Å². The monoisotopic (exact) mass is 151 g/mol. The second-order valence-electron chi connectivity index (χ2n) is 2.85. The average molecular weight is 151 g/mol. The molecule has 0 saturated heterocycles. The Hall–Kier alpha value is -0.960. The maximum atomic E-state index is 5.45. The van der Waals surface area contributed by atoms with Gasteiger partial charge in [0, 0.05) is 6.54 Å². The van der Waals surface area contributed by atoms with E-state index in [0.717, 1.165) is 11.3 Å². The molecule has 0 aliphatic heterocycles. The summed E-state index contributed by atoms with van der Waals surface area (Å²) < 4.78 is 0. The van der Waals surface area contributed by atoms with Crippen LogP contribution in [0.4, 0.5) is 0 Å². The van der Waals surface area contributed by atoms with Crippen LogP contribution in [0.1, 0.15) is 31.0 Å². The molecular formula is C8H13N3. The molecule has 0 atom stereocenters. The van der Waals surface area contributed by atoms with Gasteiger partial charge in [0.25, 0.3) is 0 Å². The second kappa shape index (κ2) is 3.44. The molecule has 0 aliphatic rings. The zero-order valence-electron chi connectivity index (χ0n) is 6.91. The molecule has 3 nitrogen and oxygen atoms in total. The Labute approximate surface area is 66.6 Å². The Morgan fingerprint density at radius 1 is 1.55 bits per heavy atom. The minimum Gasteiger partial charge on any atom is -0.326 e. The minimum absolute atomic E-state index is 0.425. The summed E-state index contributed by atoms with van der Waals surface area (Å²) in [7, 11) is 0. The van der Waals surface area contributed by atoms with Gasteiger partial charge in [0.1, 0.15) is 0 Å². The molecule has 1 heterocycles. The fourth-order valence-corrected chi connectivity index (χ4v) is 0.820. The van der Waals surface area contributed by atoms with E-state index in [1.54, 1.807) is 6.20 Å². The van der Waals surface area contributed by atoms with Crippen LogP contribution in [0, 0.1) is 0 Å². The van der Waals surface area contributed by atoms with Gasteiger partial charge in [-0.05, 0) is 17.5 Å². The molecule has 1 aromatic rings. The fraction of sp³-hybridized carbons (Fsp3) is 0.500. The Bertz CT molecular complexity index is 233. The van der Waals surface area contributed by atoms with Crippen LogP contribution in [0.2, 0.25) is 0 Å². The molecule has 1 aromatic heterocycles. The molecule has 11 heavy (non-hydrogen) atoms. The molecule has 0 spiro atoms. The number of aromatic nitrogens is 2. The average Bonchev–Trinajstić information content (AvgIpc) is 2.05. The minimum atomic E-state index is 0.425. The van der Waals surface area contributed by atoms with E-state index in [4.69, 9.17) is 5.73 Å².